The van der Waals surface area contributed by atoms with E-state index in [1.165, 1.54) is 0 Å². The molecule has 1 amide bonds. The molecular formula is C15H21NO3. The lowest BCUT2D eigenvalue weighted by Crippen LogP contribution is -2.37. The summed E-state index contributed by atoms with van der Waals surface area (Å²) in [6.45, 7) is 7.16. The smallest absolute Gasteiger partial charge is 0.408 e. The van der Waals surface area contributed by atoms with Crippen LogP contribution < -0.4 is 5.32 Å². The van der Waals surface area contributed by atoms with E-state index in [-0.39, 0.29) is 12.0 Å². The van der Waals surface area contributed by atoms with E-state index in [1.54, 1.807) is 27.7 Å². The van der Waals surface area contributed by atoms with Gasteiger partial charge in [-0.15, -0.1) is 0 Å². The van der Waals surface area contributed by atoms with Crippen LogP contribution in [0, 0.1) is 5.92 Å². The minimum atomic E-state index is -0.560. The van der Waals surface area contributed by atoms with E-state index in [1.807, 2.05) is 30.3 Å². The Morgan fingerprint density at radius 1 is 1.26 bits per heavy atom. The van der Waals surface area contributed by atoms with Gasteiger partial charge < -0.3 is 14.8 Å². The molecule has 0 aromatic heterocycles. The van der Waals surface area contributed by atoms with Crippen LogP contribution >= 0.6 is 0 Å². The first-order valence-electron chi connectivity index (χ1n) is 6.33. The van der Waals surface area contributed by atoms with Crippen LogP contribution in [0.2, 0.25) is 0 Å². The highest BCUT2D eigenvalue weighted by Crippen LogP contribution is 2.21. The van der Waals surface area contributed by atoms with Crippen LogP contribution in [0.1, 0.15) is 39.3 Å². The third-order valence-electron chi connectivity index (χ3n) is 2.57. The van der Waals surface area contributed by atoms with Gasteiger partial charge in [-0.2, -0.15) is 0 Å². The molecule has 0 saturated heterocycles. The summed E-state index contributed by atoms with van der Waals surface area (Å²) in [6.07, 6.45) is 0.310. The van der Waals surface area contributed by atoms with Crippen molar-refractivity contribution in [1.82, 2.24) is 5.32 Å². The molecule has 0 heterocycles. The van der Waals surface area contributed by atoms with Crippen molar-refractivity contribution in [2.24, 2.45) is 5.92 Å². The summed E-state index contributed by atoms with van der Waals surface area (Å²) >= 11 is 0. The van der Waals surface area contributed by atoms with E-state index in [0.717, 1.165) is 11.8 Å². The molecule has 0 spiro atoms. The molecule has 0 aliphatic carbocycles. The Balaban J connectivity index is 2.82. The van der Waals surface area contributed by atoms with E-state index in [9.17, 15) is 9.59 Å². The second-order valence-corrected chi connectivity index (χ2v) is 5.53. The fourth-order valence-corrected chi connectivity index (χ4v) is 1.69. The van der Waals surface area contributed by atoms with Gasteiger partial charge in [-0.05, 0) is 26.3 Å². The Morgan fingerprint density at radius 2 is 1.84 bits per heavy atom. The highest BCUT2D eigenvalue weighted by Gasteiger charge is 2.24. The molecule has 0 unspecified atom stereocenters. The number of alkyl carbamates (subject to hydrolysis) is 1. The quantitative estimate of drug-likeness (QED) is 0.849. The molecule has 0 fully saturated rings. The summed E-state index contributed by atoms with van der Waals surface area (Å²) in [5, 5.41) is 2.75. The van der Waals surface area contributed by atoms with Gasteiger partial charge in [0.1, 0.15) is 11.9 Å². The number of aldehydes is 1. The predicted octanol–water partition coefficient (Wildman–Crippen LogP) is 3.09. The van der Waals surface area contributed by atoms with Crippen LogP contribution in [0.15, 0.2) is 30.3 Å². The lowest BCUT2D eigenvalue weighted by molar-refractivity contribution is -0.111. The Kier molecular flexibility index (Phi) is 5.10. The SMILES string of the molecule is C[C@H](C=O)[C@H](NC(=O)OC(C)(C)C)c1ccccc1. The Morgan fingerprint density at radius 3 is 2.32 bits per heavy atom. The Bertz CT molecular complexity index is 423. The molecule has 2 atom stereocenters. The average Bonchev–Trinajstić information content (AvgIpc) is 2.34. The molecule has 1 aromatic carbocycles. The first-order chi connectivity index (χ1) is 8.83. The Labute approximate surface area is 114 Å². The number of hydrogen-bond acceptors (Lipinski definition) is 3. The third-order valence-corrected chi connectivity index (χ3v) is 2.57. The molecular weight excluding hydrogens is 242 g/mol. The van der Waals surface area contributed by atoms with Crippen molar-refractivity contribution in [2.45, 2.75) is 39.3 Å². The summed E-state index contributed by atoms with van der Waals surface area (Å²) in [7, 11) is 0. The van der Waals surface area contributed by atoms with Gasteiger partial charge in [-0.3, -0.25) is 0 Å². The van der Waals surface area contributed by atoms with Crippen molar-refractivity contribution in [2.75, 3.05) is 0 Å². The number of rotatable bonds is 4. The number of ether oxygens (including phenoxy) is 1. The number of amides is 1. The number of hydrogen-bond donors (Lipinski definition) is 1. The summed E-state index contributed by atoms with van der Waals surface area (Å²) in [5.74, 6) is -0.324. The van der Waals surface area contributed by atoms with Crippen LogP contribution in [0.3, 0.4) is 0 Å². The fraction of sp³-hybridized carbons (Fsp3) is 0.467. The van der Waals surface area contributed by atoms with Crippen LogP contribution in [-0.4, -0.2) is 18.0 Å². The van der Waals surface area contributed by atoms with Crippen LogP contribution in [0.25, 0.3) is 0 Å². The fourth-order valence-electron chi connectivity index (χ4n) is 1.69. The zero-order valence-electron chi connectivity index (χ0n) is 11.8. The number of nitrogens with one attached hydrogen (secondary N) is 1. The molecule has 0 saturated carbocycles. The van der Waals surface area contributed by atoms with Gasteiger partial charge >= 0.3 is 6.09 Å². The maximum Gasteiger partial charge on any atom is 0.408 e. The van der Waals surface area contributed by atoms with Gasteiger partial charge in [-0.1, -0.05) is 37.3 Å². The summed E-state index contributed by atoms with van der Waals surface area (Å²) in [4.78, 5) is 22.8. The molecule has 1 N–H and O–H groups in total. The van der Waals surface area contributed by atoms with Gasteiger partial charge in [0.2, 0.25) is 0 Å². The molecule has 19 heavy (non-hydrogen) atoms. The van der Waals surface area contributed by atoms with Gasteiger partial charge in [0.05, 0.1) is 6.04 Å². The summed E-state index contributed by atoms with van der Waals surface area (Å²) in [5.41, 5.74) is 0.323. The van der Waals surface area contributed by atoms with Crippen molar-refractivity contribution < 1.29 is 14.3 Å². The largest absolute Gasteiger partial charge is 0.444 e. The van der Waals surface area contributed by atoms with Crippen molar-refractivity contribution in [1.29, 1.82) is 0 Å². The zero-order chi connectivity index (χ0) is 14.5. The van der Waals surface area contributed by atoms with Crippen LogP contribution in [0.5, 0.6) is 0 Å². The highest BCUT2D eigenvalue weighted by atomic mass is 16.6. The molecule has 104 valence electrons. The van der Waals surface area contributed by atoms with E-state index in [2.05, 4.69) is 5.32 Å². The lowest BCUT2D eigenvalue weighted by Gasteiger charge is -2.25. The number of carbonyl (C=O) groups is 2. The van der Waals surface area contributed by atoms with E-state index < -0.39 is 11.7 Å². The van der Waals surface area contributed by atoms with Gasteiger partial charge in [0.15, 0.2) is 0 Å². The topological polar surface area (TPSA) is 55.4 Å². The monoisotopic (exact) mass is 263 g/mol. The van der Waals surface area contributed by atoms with Crippen LogP contribution in [0.4, 0.5) is 4.79 Å². The minimum Gasteiger partial charge on any atom is -0.444 e. The molecule has 0 aliphatic rings. The zero-order valence-corrected chi connectivity index (χ0v) is 11.8. The molecule has 4 nitrogen and oxygen atoms in total. The van der Waals surface area contributed by atoms with Crippen molar-refractivity contribution in [3.8, 4) is 0 Å². The maximum atomic E-state index is 11.8. The van der Waals surface area contributed by atoms with Crippen molar-refractivity contribution in [3.63, 3.8) is 0 Å². The molecule has 1 rings (SSSR count). The first-order valence-corrected chi connectivity index (χ1v) is 6.33. The number of benzene rings is 1. The second-order valence-electron chi connectivity index (χ2n) is 5.53. The maximum absolute atomic E-state index is 11.8. The van der Waals surface area contributed by atoms with Gasteiger partial charge in [-0.25, -0.2) is 4.79 Å². The molecule has 1 aromatic rings. The molecule has 0 radical (unpaired) electrons. The first kappa shape index (κ1) is 15.2. The minimum absolute atomic E-state index is 0.324. The average molecular weight is 263 g/mol. The third kappa shape index (κ3) is 5.12. The lowest BCUT2D eigenvalue weighted by atomic mass is 9.96. The Hall–Kier alpha value is -1.84. The summed E-state index contributed by atoms with van der Waals surface area (Å²) < 4.78 is 5.22. The molecule has 0 aliphatic heterocycles. The highest BCUT2D eigenvalue weighted by molar-refractivity contribution is 5.69. The standard InChI is InChI=1S/C15H21NO3/c1-11(10-17)13(12-8-6-5-7-9-12)16-14(18)19-15(2,3)4/h5-11,13H,1-4H3,(H,16,18)/t11-,13+/m1/s1. The second kappa shape index (κ2) is 6.36. The van der Waals surface area contributed by atoms with Gasteiger partial charge in [0.25, 0.3) is 0 Å². The molecule has 4 heteroatoms. The van der Waals surface area contributed by atoms with Crippen molar-refractivity contribution >= 4 is 12.4 Å². The van der Waals surface area contributed by atoms with E-state index in [0.29, 0.717) is 0 Å². The predicted molar refractivity (Wildman–Crippen MR) is 73.8 cm³/mol. The normalized spacial score (nSPS) is 14.3. The number of carbonyl (C=O) groups excluding carboxylic acids is 2. The van der Waals surface area contributed by atoms with Gasteiger partial charge in [0, 0.05) is 5.92 Å². The van der Waals surface area contributed by atoms with Crippen LogP contribution in [-0.2, 0) is 9.53 Å². The van der Waals surface area contributed by atoms with Crippen molar-refractivity contribution in [3.05, 3.63) is 35.9 Å². The van der Waals surface area contributed by atoms with E-state index in [4.69, 9.17) is 4.74 Å². The van der Waals surface area contributed by atoms with E-state index >= 15 is 0 Å². The summed E-state index contributed by atoms with van der Waals surface area (Å²) in [6, 6.07) is 9.00. The molecule has 0 bridgehead atoms.